The maximum atomic E-state index is 12.1. The molecule has 0 bridgehead atoms. The van der Waals surface area contributed by atoms with E-state index in [2.05, 4.69) is 10.2 Å². The van der Waals surface area contributed by atoms with Gasteiger partial charge >= 0.3 is 0 Å². The molecule has 2 rings (SSSR count). The molecule has 2 amide bonds. The van der Waals surface area contributed by atoms with Gasteiger partial charge in [0.25, 0.3) is 0 Å². The third-order valence-corrected chi connectivity index (χ3v) is 4.02. The van der Waals surface area contributed by atoms with Crippen molar-refractivity contribution in [1.82, 2.24) is 9.80 Å². The Morgan fingerprint density at radius 1 is 1.18 bits per heavy atom. The average molecular weight is 324 g/mol. The van der Waals surface area contributed by atoms with Crippen molar-refractivity contribution in [3.05, 3.63) is 29.3 Å². The van der Waals surface area contributed by atoms with Crippen LogP contribution in [0, 0.1) is 5.92 Å². The Hall–Kier alpha value is -1.59. The number of nitrogens with zero attached hydrogens (tertiary/aromatic N) is 2. The number of nitrogens with one attached hydrogen (secondary N) is 1. The molecule has 1 N–H and O–H groups in total. The van der Waals surface area contributed by atoms with Crippen LogP contribution in [0.2, 0.25) is 5.02 Å². The molecule has 1 aliphatic heterocycles. The Kier molecular flexibility index (Phi) is 5.80. The van der Waals surface area contributed by atoms with Crippen molar-refractivity contribution in [3.63, 3.8) is 0 Å². The molecule has 1 saturated heterocycles. The van der Waals surface area contributed by atoms with Gasteiger partial charge in [-0.2, -0.15) is 0 Å². The first-order chi connectivity index (χ1) is 10.5. The highest BCUT2D eigenvalue weighted by Crippen LogP contribution is 2.20. The van der Waals surface area contributed by atoms with E-state index in [1.54, 1.807) is 12.1 Å². The summed E-state index contributed by atoms with van der Waals surface area (Å²) in [6, 6.07) is 7.17. The second kappa shape index (κ2) is 7.61. The summed E-state index contributed by atoms with van der Waals surface area (Å²) < 4.78 is 0. The molecule has 1 fully saturated rings. The third kappa shape index (κ3) is 4.45. The quantitative estimate of drug-likeness (QED) is 0.923. The number of piperazine rings is 1. The van der Waals surface area contributed by atoms with Crippen molar-refractivity contribution in [3.8, 4) is 0 Å². The van der Waals surface area contributed by atoms with Crippen LogP contribution in [-0.2, 0) is 9.59 Å². The number of para-hydroxylation sites is 1. The van der Waals surface area contributed by atoms with Crippen LogP contribution in [0.5, 0.6) is 0 Å². The van der Waals surface area contributed by atoms with Gasteiger partial charge in [0, 0.05) is 32.1 Å². The second-order valence-electron chi connectivity index (χ2n) is 5.78. The number of carbonyl (C=O) groups is 2. The molecular formula is C16H22ClN3O2. The summed E-state index contributed by atoms with van der Waals surface area (Å²) in [5, 5.41) is 3.35. The van der Waals surface area contributed by atoms with Crippen LogP contribution in [0.4, 0.5) is 5.69 Å². The Labute approximate surface area is 136 Å². The maximum absolute atomic E-state index is 12.1. The lowest BCUT2D eigenvalue weighted by Crippen LogP contribution is -2.51. The normalized spacial score (nSPS) is 15.9. The van der Waals surface area contributed by atoms with Gasteiger partial charge in [-0.3, -0.25) is 14.5 Å². The van der Waals surface area contributed by atoms with Crippen molar-refractivity contribution in [2.45, 2.75) is 13.8 Å². The largest absolute Gasteiger partial charge is 0.340 e. The zero-order valence-corrected chi connectivity index (χ0v) is 13.8. The summed E-state index contributed by atoms with van der Waals surface area (Å²) in [4.78, 5) is 27.9. The van der Waals surface area contributed by atoms with Gasteiger partial charge in [-0.1, -0.05) is 37.6 Å². The Morgan fingerprint density at radius 3 is 2.41 bits per heavy atom. The summed E-state index contributed by atoms with van der Waals surface area (Å²) in [7, 11) is 0. The molecule has 6 heteroatoms. The molecule has 0 spiro atoms. The molecule has 120 valence electrons. The number of halogens is 1. The van der Waals surface area contributed by atoms with E-state index in [9.17, 15) is 9.59 Å². The van der Waals surface area contributed by atoms with Crippen LogP contribution in [0.25, 0.3) is 0 Å². The maximum Gasteiger partial charge on any atom is 0.238 e. The lowest BCUT2D eigenvalue weighted by atomic mass is 10.1. The van der Waals surface area contributed by atoms with Crippen molar-refractivity contribution < 1.29 is 9.59 Å². The summed E-state index contributed by atoms with van der Waals surface area (Å²) >= 11 is 6.02. The Balaban J connectivity index is 1.80. The SMILES string of the molecule is CC(C)C(=O)N1CCN(CC(=O)Nc2ccccc2Cl)CC1. The molecule has 22 heavy (non-hydrogen) atoms. The molecule has 0 aliphatic carbocycles. The summed E-state index contributed by atoms with van der Waals surface area (Å²) in [5.74, 6) is 0.118. The van der Waals surface area contributed by atoms with E-state index in [4.69, 9.17) is 11.6 Å². The average Bonchev–Trinajstić information content (AvgIpc) is 2.49. The molecule has 0 aromatic heterocycles. The molecule has 0 radical (unpaired) electrons. The summed E-state index contributed by atoms with van der Waals surface area (Å²) in [6.07, 6.45) is 0. The van der Waals surface area contributed by atoms with E-state index >= 15 is 0 Å². The first kappa shape index (κ1) is 16.8. The van der Waals surface area contributed by atoms with E-state index in [0.29, 0.717) is 43.4 Å². The number of hydrogen-bond acceptors (Lipinski definition) is 3. The van der Waals surface area contributed by atoms with Crippen LogP contribution in [0.15, 0.2) is 24.3 Å². The highest BCUT2D eigenvalue weighted by atomic mass is 35.5. The fourth-order valence-electron chi connectivity index (χ4n) is 2.45. The van der Waals surface area contributed by atoms with Crippen LogP contribution in [0.3, 0.4) is 0 Å². The number of amides is 2. The summed E-state index contributed by atoms with van der Waals surface area (Å²) in [5.41, 5.74) is 0.628. The zero-order chi connectivity index (χ0) is 16.1. The number of benzene rings is 1. The highest BCUT2D eigenvalue weighted by Gasteiger charge is 2.23. The molecule has 1 aliphatic rings. The molecule has 0 saturated carbocycles. The van der Waals surface area contributed by atoms with Crippen molar-refractivity contribution >= 4 is 29.1 Å². The van der Waals surface area contributed by atoms with Crippen LogP contribution in [0.1, 0.15) is 13.8 Å². The van der Waals surface area contributed by atoms with Crippen molar-refractivity contribution in [2.75, 3.05) is 38.0 Å². The molecule has 5 nitrogen and oxygen atoms in total. The minimum absolute atomic E-state index is 0.0232. The van der Waals surface area contributed by atoms with Crippen molar-refractivity contribution in [2.24, 2.45) is 5.92 Å². The topological polar surface area (TPSA) is 52.7 Å². The standard InChI is InChI=1S/C16H22ClN3O2/c1-12(2)16(22)20-9-7-19(8-10-20)11-15(21)18-14-6-4-3-5-13(14)17/h3-6,12H,7-11H2,1-2H3,(H,18,21). The fraction of sp³-hybridized carbons (Fsp3) is 0.500. The van der Waals surface area contributed by atoms with Gasteiger partial charge < -0.3 is 10.2 Å². The highest BCUT2D eigenvalue weighted by molar-refractivity contribution is 6.33. The third-order valence-electron chi connectivity index (χ3n) is 3.69. The van der Waals surface area contributed by atoms with Crippen LogP contribution >= 0.6 is 11.6 Å². The number of anilines is 1. The lowest BCUT2D eigenvalue weighted by Gasteiger charge is -2.35. The molecule has 0 unspecified atom stereocenters. The van der Waals surface area contributed by atoms with Gasteiger partial charge in [0.15, 0.2) is 0 Å². The molecule has 1 aromatic carbocycles. The van der Waals surface area contributed by atoms with Gasteiger partial charge in [-0.05, 0) is 12.1 Å². The van der Waals surface area contributed by atoms with E-state index < -0.39 is 0 Å². The second-order valence-corrected chi connectivity index (χ2v) is 6.19. The first-order valence-corrected chi connectivity index (χ1v) is 7.90. The van der Waals surface area contributed by atoms with E-state index in [0.717, 1.165) is 0 Å². The minimum atomic E-state index is -0.0864. The Bertz CT molecular complexity index is 540. The van der Waals surface area contributed by atoms with Gasteiger partial charge in [-0.25, -0.2) is 0 Å². The monoisotopic (exact) mass is 323 g/mol. The Morgan fingerprint density at radius 2 is 1.82 bits per heavy atom. The fourth-order valence-corrected chi connectivity index (χ4v) is 2.63. The van der Waals surface area contributed by atoms with E-state index in [1.165, 1.54) is 0 Å². The van der Waals surface area contributed by atoms with E-state index in [1.807, 2.05) is 30.9 Å². The first-order valence-electron chi connectivity index (χ1n) is 7.53. The molecular weight excluding hydrogens is 302 g/mol. The van der Waals surface area contributed by atoms with Gasteiger partial charge in [0.2, 0.25) is 11.8 Å². The van der Waals surface area contributed by atoms with Gasteiger partial charge in [0.05, 0.1) is 17.3 Å². The van der Waals surface area contributed by atoms with Gasteiger partial charge in [-0.15, -0.1) is 0 Å². The predicted octanol–water partition coefficient (Wildman–Crippen LogP) is 2.08. The number of rotatable bonds is 4. The molecule has 1 aromatic rings. The number of hydrogen-bond donors (Lipinski definition) is 1. The molecule has 1 heterocycles. The van der Waals surface area contributed by atoms with Crippen LogP contribution < -0.4 is 5.32 Å². The van der Waals surface area contributed by atoms with Crippen LogP contribution in [-0.4, -0.2) is 54.3 Å². The predicted molar refractivity (Wildman–Crippen MR) is 87.9 cm³/mol. The van der Waals surface area contributed by atoms with Gasteiger partial charge in [0.1, 0.15) is 0 Å². The number of carbonyl (C=O) groups excluding carboxylic acids is 2. The lowest BCUT2D eigenvalue weighted by molar-refractivity contribution is -0.136. The van der Waals surface area contributed by atoms with E-state index in [-0.39, 0.29) is 17.7 Å². The van der Waals surface area contributed by atoms with Crippen molar-refractivity contribution in [1.29, 1.82) is 0 Å². The summed E-state index contributed by atoms with van der Waals surface area (Å²) in [6.45, 7) is 6.92. The molecule has 0 atom stereocenters. The zero-order valence-electron chi connectivity index (χ0n) is 13.0. The minimum Gasteiger partial charge on any atom is -0.340 e. The smallest absolute Gasteiger partial charge is 0.238 e.